The molecule has 20 heavy (non-hydrogen) atoms. The summed E-state index contributed by atoms with van der Waals surface area (Å²) < 4.78 is 0.683. The number of benzene rings is 1. The van der Waals surface area contributed by atoms with E-state index >= 15 is 0 Å². The predicted octanol–water partition coefficient (Wildman–Crippen LogP) is 2.14. The van der Waals surface area contributed by atoms with E-state index in [0.717, 1.165) is 0 Å². The number of halogens is 1. The number of aromatic nitrogens is 1. The molecular weight excluding hydrogens is 322 g/mol. The highest BCUT2D eigenvalue weighted by Gasteiger charge is 2.09. The van der Waals surface area contributed by atoms with Crippen LogP contribution >= 0.6 is 15.9 Å². The van der Waals surface area contributed by atoms with Crippen LogP contribution in [0.2, 0.25) is 0 Å². The molecule has 0 aliphatic heterocycles. The lowest BCUT2D eigenvalue weighted by atomic mass is 10.2. The van der Waals surface area contributed by atoms with Gasteiger partial charge in [0.15, 0.2) is 5.82 Å². The average Bonchev–Trinajstić information content (AvgIpc) is 2.42. The number of amides is 1. The second-order valence-corrected chi connectivity index (χ2v) is 4.78. The first kappa shape index (κ1) is 13.8. The molecule has 0 bridgehead atoms. The number of carbonyl (C=O) groups is 1. The zero-order valence-electron chi connectivity index (χ0n) is 10.2. The second kappa shape index (κ2) is 5.59. The van der Waals surface area contributed by atoms with Gasteiger partial charge in [-0.1, -0.05) is 0 Å². The number of hydrogen-bond donors (Lipinski definition) is 3. The molecule has 1 amide bonds. The van der Waals surface area contributed by atoms with E-state index in [1.165, 1.54) is 6.07 Å². The van der Waals surface area contributed by atoms with Crippen LogP contribution in [0, 0.1) is 11.3 Å². The van der Waals surface area contributed by atoms with Gasteiger partial charge in [0.1, 0.15) is 5.69 Å². The summed E-state index contributed by atoms with van der Waals surface area (Å²) in [6.45, 7) is 0. The van der Waals surface area contributed by atoms with Gasteiger partial charge in [0.05, 0.1) is 23.0 Å². The van der Waals surface area contributed by atoms with E-state index in [-0.39, 0.29) is 5.69 Å². The highest BCUT2D eigenvalue weighted by molar-refractivity contribution is 9.10. The van der Waals surface area contributed by atoms with Crippen LogP contribution < -0.4 is 16.8 Å². The number of nitrogen functional groups attached to an aromatic ring is 1. The topological polar surface area (TPSA) is 118 Å². The molecule has 0 aliphatic carbocycles. The van der Waals surface area contributed by atoms with Crippen LogP contribution in [0.25, 0.3) is 0 Å². The number of nitrogens with one attached hydrogen (secondary N) is 1. The highest BCUT2D eigenvalue weighted by Crippen LogP contribution is 2.28. The number of nitrogens with two attached hydrogens (primary N) is 2. The molecule has 0 saturated heterocycles. The van der Waals surface area contributed by atoms with Crippen molar-refractivity contribution in [2.45, 2.75) is 0 Å². The summed E-state index contributed by atoms with van der Waals surface area (Å²) in [5.74, 6) is -0.307. The molecule has 1 aromatic heterocycles. The van der Waals surface area contributed by atoms with Crippen LogP contribution in [-0.2, 0) is 0 Å². The second-order valence-electron chi connectivity index (χ2n) is 3.93. The highest BCUT2D eigenvalue weighted by atomic mass is 79.9. The van der Waals surface area contributed by atoms with Crippen molar-refractivity contribution in [2.24, 2.45) is 5.73 Å². The van der Waals surface area contributed by atoms with Crippen LogP contribution in [-0.4, -0.2) is 10.9 Å². The van der Waals surface area contributed by atoms with Crippen LogP contribution in [0.15, 0.2) is 34.8 Å². The van der Waals surface area contributed by atoms with E-state index in [2.05, 4.69) is 26.2 Å². The third-order valence-electron chi connectivity index (χ3n) is 2.53. The van der Waals surface area contributed by atoms with Crippen molar-refractivity contribution >= 4 is 39.0 Å². The molecule has 0 unspecified atom stereocenters. The molecule has 0 spiro atoms. The minimum absolute atomic E-state index is 0.117. The van der Waals surface area contributed by atoms with Gasteiger partial charge in [-0.25, -0.2) is 4.98 Å². The Balaban J connectivity index is 2.37. The van der Waals surface area contributed by atoms with Gasteiger partial charge in [0, 0.05) is 4.47 Å². The molecule has 0 radical (unpaired) electrons. The van der Waals surface area contributed by atoms with Crippen molar-refractivity contribution < 1.29 is 4.79 Å². The Morgan fingerprint density at radius 2 is 2.10 bits per heavy atom. The Hall–Kier alpha value is -2.59. The Kier molecular flexibility index (Phi) is 3.86. The number of hydrogen-bond acceptors (Lipinski definition) is 5. The fraction of sp³-hybridized carbons (Fsp3) is 0. The first-order chi connectivity index (χ1) is 9.51. The third kappa shape index (κ3) is 2.87. The zero-order valence-corrected chi connectivity index (χ0v) is 11.8. The zero-order chi connectivity index (χ0) is 14.7. The monoisotopic (exact) mass is 331 g/mol. The lowest BCUT2D eigenvalue weighted by Crippen LogP contribution is -2.14. The fourth-order valence-electron chi connectivity index (χ4n) is 1.52. The van der Waals surface area contributed by atoms with Gasteiger partial charge in [-0.05, 0) is 46.3 Å². The van der Waals surface area contributed by atoms with Crippen molar-refractivity contribution in [3.8, 4) is 6.07 Å². The van der Waals surface area contributed by atoms with Crippen molar-refractivity contribution in [3.63, 3.8) is 0 Å². The van der Waals surface area contributed by atoms with Gasteiger partial charge in [-0.2, -0.15) is 5.26 Å². The number of rotatable bonds is 3. The van der Waals surface area contributed by atoms with Gasteiger partial charge in [0.25, 0.3) is 5.91 Å². The number of nitrogens with zero attached hydrogens (tertiary/aromatic N) is 2. The lowest BCUT2D eigenvalue weighted by Gasteiger charge is -2.11. The Morgan fingerprint density at radius 1 is 1.35 bits per heavy atom. The standard InChI is InChI=1S/C13H10BrN5O/c14-8-5-7(6-15)1-3-10(8)18-13-9(16)2-4-11(19-13)12(17)20/h1-5H,16H2,(H2,17,20)(H,18,19). The van der Waals surface area contributed by atoms with Crippen molar-refractivity contribution in [3.05, 3.63) is 46.1 Å². The molecule has 0 saturated carbocycles. The lowest BCUT2D eigenvalue weighted by molar-refractivity contribution is 0.0996. The summed E-state index contributed by atoms with van der Waals surface area (Å²) in [4.78, 5) is 15.2. The van der Waals surface area contributed by atoms with E-state index in [0.29, 0.717) is 27.2 Å². The molecule has 100 valence electrons. The minimum Gasteiger partial charge on any atom is -0.396 e. The molecule has 0 aliphatic rings. The Labute approximate surface area is 123 Å². The summed E-state index contributed by atoms with van der Waals surface area (Å²) in [6, 6.07) is 10.1. The van der Waals surface area contributed by atoms with Gasteiger partial charge < -0.3 is 16.8 Å². The molecule has 6 nitrogen and oxygen atoms in total. The van der Waals surface area contributed by atoms with E-state index in [1.807, 2.05) is 6.07 Å². The summed E-state index contributed by atoms with van der Waals surface area (Å²) in [5.41, 5.74) is 12.7. The van der Waals surface area contributed by atoms with Crippen LogP contribution in [0.4, 0.5) is 17.2 Å². The van der Waals surface area contributed by atoms with E-state index in [1.54, 1.807) is 24.3 Å². The van der Waals surface area contributed by atoms with Gasteiger partial charge in [-0.3, -0.25) is 4.79 Å². The molecule has 1 aromatic carbocycles. The molecule has 1 heterocycles. The van der Waals surface area contributed by atoms with E-state index in [9.17, 15) is 4.79 Å². The number of anilines is 3. The maximum absolute atomic E-state index is 11.1. The Bertz CT molecular complexity index is 723. The third-order valence-corrected chi connectivity index (χ3v) is 3.19. The number of nitriles is 1. The van der Waals surface area contributed by atoms with Gasteiger partial charge >= 0.3 is 0 Å². The largest absolute Gasteiger partial charge is 0.396 e. The predicted molar refractivity (Wildman–Crippen MR) is 79.3 cm³/mol. The molecule has 0 atom stereocenters. The van der Waals surface area contributed by atoms with Crippen LogP contribution in [0.3, 0.4) is 0 Å². The summed E-state index contributed by atoms with van der Waals surface area (Å²) in [7, 11) is 0. The SMILES string of the molecule is N#Cc1ccc(Nc2nc(C(N)=O)ccc2N)c(Br)c1. The Morgan fingerprint density at radius 3 is 2.70 bits per heavy atom. The number of primary amides is 1. The normalized spacial score (nSPS) is 9.80. The molecule has 2 aromatic rings. The molecular formula is C13H10BrN5O. The van der Waals surface area contributed by atoms with Crippen molar-refractivity contribution in [1.82, 2.24) is 4.98 Å². The van der Waals surface area contributed by atoms with Crippen LogP contribution in [0.1, 0.15) is 16.1 Å². The van der Waals surface area contributed by atoms with Crippen molar-refractivity contribution in [1.29, 1.82) is 5.26 Å². The summed E-state index contributed by atoms with van der Waals surface area (Å²) in [5, 5.41) is 11.8. The fourth-order valence-corrected chi connectivity index (χ4v) is 2.00. The van der Waals surface area contributed by atoms with Gasteiger partial charge in [0.2, 0.25) is 0 Å². The molecule has 0 fully saturated rings. The molecule has 7 heteroatoms. The maximum Gasteiger partial charge on any atom is 0.267 e. The number of carbonyl (C=O) groups excluding carboxylic acids is 1. The minimum atomic E-state index is -0.632. The summed E-state index contributed by atoms with van der Waals surface area (Å²) in [6.07, 6.45) is 0. The first-order valence-electron chi connectivity index (χ1n) is 5.54. The van der Waals surface area contributed by atoms with E-state index < -0.39 is 5.91 Å². The van der Waals surface area contributed by atoms with Gasteiger partial charge in [-0.15, -0.1) is 0 Å². The molecule has 5 N–H and O–H groups in total. The average molecular weight is 332 g/mol. The number of pyridine rings is 1. The van der Waals surface area contributed by atoms with Crippen molar-refractivity contribution in [2.75, 3.05) is 11.1 Å². The van der Waals surface area contributed by atoms with E-state index in [4.69, 9.17) is 16.7 Å². The first-order valence-corrected chi connectivity index (χ1v) is 6.33. The quantitative estimate of drug-likeness (QED) is 0.796. The maximum atomic E-state index is 11.1. The summed E-state index contributed by atoms with van der Waals surface area (Å²) >= 11 is 3.34. The van der Waals surface area contributed by atoms with Crippen LogP contribution in [0.5, 0.6) is 0 Å². The smallest absolute Gasteiger partial charge is 0.267 e. The molecule has 2 rings (SSSR count).